The number of carbonyl (C=O) groups is 1. The Labute approximate surface area is 127 Å². The molecule has 2 heterocycles. The SMILES string of the molecule is O=C(Nc1ccc(-c2ccco2)cc1F)N1CC[C@@H](CO)C1. The van der Waals surface area contributed by atoms with E-state index in [0.29, 0.717) is 24.4 Å². The van der Waals surface area contributed by atoms with Gasteiger partial charge in [-0.2, -0.15) is 0 Å². The van der Waals surface area contributed by atoms with E-state index in [1.165, 1.54) is 18.4 Å². The lowest BCUT2D eigenvalue weighted by Gasteiger charge is -2.17. The highest BCUT2D eigenvalue weighted by atomic mass is 19.1. The maximum absolute atomic E-state index is 14.1. The van der Waals surface area contributed by atoms with Crippen LogP contribution >= 0.6 is 0 Å². The lowest BCUT2D eigenvalue weighted by molar-refractivity contribution is 0.208. The van der Waals surface area contributed by atoms with Crippen molar-refractivity contribution in [2.24, 2.45) is 5.92 Å². The summed E-state index contributed by atoms with van der Waals surface area (Å²) in [6, 6.07) is 7.67. The number of likely N-dealkylation sites (tertiary alicyclic amines) is 1. The van der Waals surface area contributed by atoms with Gasteiger partial charge in [0.1, 0.15) is 11.6 Å². The van der Waals surface area contributed by atoms with Gasteiger partial charge in [-0.1, -0.05) is 0 Å². The number of urea groups is 1. The van der Waals surface area contributed by atoms with E-state index in [1.54, 1.807) is 23.1 Å². The molecule has 1 aliphatic rings. The molecule has 2 N–H and O–H groups in total. The van der Waals surface area contributed by atoms with Crippen molar-refractivity contribution in [1.29, 1.82) is 0 Å². The number of furan rings is 1. The fourth-order valence-electron chi connectivity index (χ4n) is 2.57. The molecule has 5 nitrogen and oxygen atoms in total. The van der Waals surface area contributed by atoms with Crippen LogP contribution in [0, 0.1) is 11.7 Å². The van der Waals surface area contributed by atoms with E-state index >= 15 is 0 Å². The molecule has 0 aliphatic carbocycles. The van der Waals surface area contributed by atoms with Crippen LogP contribution in [0.2, 0.25) is 0 Å². The molecule has 0 spiro atoms. The van der Waals surface area contributed by atoms with Gasteiger partial charge in [0.2, 0.25) is 0 Å². The monoisotopic (exact) mass is 304 g/mol. The zero-order chi connectivity index (χ0) is 15.5. The van der Waals surface area contributed by atoms with Crippen LogP contribution in [0.15, 0.2) is 41.0 Å². The lowest BCUT2D eigenvalue weighted by Crippen LogP contribution is -2.33. The van der Waals surface area contributed by atoms with Gasteiger partial charge in [-0.25, -0.2) is 9.18 Å². The van der Waals surface area contributed by atoms with E-state index < -0.39 is 5.82 Å². The van der Waals surface area contributed by atoms with Crippen LogP contribution < -0.4 is 5.32 Å². The molecular formula is C16H17FN2O3. The molecule has 6 heteroatoms. The van der Waals surface area contributed by atoms with E-state index in [-0.39, 0.29) is 24.2 Å². The standard InChI is InChI=1S/C16H17FN2O3/c17-13-8-12(15-2-1-7-22-15)3-4-14(13)18-16(21)19-6-5-11(9-19)10-20/h1-4,7-8,11,20H,5-6,9-10H2,(H,18,21)/t11-/m1/s1. The van der Waals surface area contributed by atoms with E-state index in [0.717, 1.165) is 6.42 Å². The minimum Gasteiger partial charge on any atom is -0.464 e. The molecule has 116 valence electrons. The van der Waals surface area contributed by atoms with Gasteiger partial charge in [0.25, 0.3) is 0 Å². The second-order valence-electron chi connectivity index (χ2n) is 5.39. The van der Waals surface area contributed by atoms with Crippen LogP contribution in [0.4, 0.5) is 14.9 Å². The van der Waals surface area contributed by atoms with Crippen LogP contribution in [-0.4, -0.2) is 35.7 Å². The smallest absolute Gasteiger partial charge is 0.321 e. The van der Waals surface area contributed by atoms with Gasteiger partial charge in [0, 0.05) is 31.2 Å². The van der Waals surface area contributed by atoms with E-state index in [9.17, 15) is 9.18 Å². The first kappa shape index (κ1) is 14.6. The molecule has 1 aromatic heterocycles. The second kappa shape index (κ2) is 6.19. The predicted octanol–water partition coefficient (Wildman–Crippen LogP) is 2.93. The summed E-state index contributed by atoms with van der Waals surface area (Å²) in [5, 5.41) is 11.7. The zero-order valence-electron chi connectivity index (χ0n) is 12.0. The van der Waals surface area contributed by atoms with E-state index in [2.05, 4.69) is 5.32 Å². The van der Waals surface area contributed by atoms with Crippen LogP contribution in [0.5, 0.6) is 0 Å². The molecule has 2 amide bonds. The van der Waals surface area contributed by atoms with Gasteiger partial charge in [-0.05, 0) is 36.8 Å². The number of benzene rings is 1. The minimum atomic E-state index is -0.514. The fraction of sp³-hybridized carbons (Fsp3) is 0.312. The van der Waals surface area contributed by atoms with Gasteiger partial charge in [0.05, 0.1) is 12.0 Å². The normalized spacial score (nSPS) is 17.7. The molecule has 1 atom stereocenters. The van der Waals surface area contributed by atoms with Crippen molar-refractivity contribution in [3.05, 3.63) is 42.4 Å². The fourth-order valence-corrected chi connectivity index (χ4v) is 2.57. The number of amides is 2. The number of nitrogens with zero attached hydrogens (tertiary/aromatic N) is 1. The van der Waals surface area contributed by atoms with Crippen molar-refractivity contribution in [2.75, 3.05) is 25.0 Å². The van der Waals surface area contributed by atoms with Gasteiger partial charge in [-0.15, -0.1) is 0 Å². The molecule has 1 aromatic carbocycles. The van der Waals surface area contributed by atoms with Crippen LogP contribution in [0.1, 0.15) is 6.42 Å². The van der Waals surface area contributed by atoms with Crippen molar-refractivity contribution in [3.8, 4) is 11.3 Å². The number of carbonyl (C=O) groups excluding carboxylic acids is 1. The summed E-state index contributed by atoms with van der Waals surface area (Å²) in [6.45, 7) is 1.13. The first-order valence-corrected chi connectivity index (χ1v) is 7.17. The van der Waals surface area contributed by atoms with Crippen LogP contribution in [-0.2, 0) is 0 Å². The molecule has 22 heavy (non-hydrogen) atoms. The van der Waals surface area contributed by atoms with Crippen LogP contribution in [0.3, 0.4) is 0 Å². The number of anilines is 1. The Balaban J connectivity index is 1.69. The summed E-state index contributed by atoms with van der Waals surface area (Å²) in [4.78, 5) is 13.7. The van der Waals surface area contributed by atoms with Crippen LogP contribution in [0.25, 0.3) is 11.3 Å². The molecule has 0 saturated carbocycles. The number of aliphatic hydroxyl groups excluding tert-OH is 1. The summed E-state index contributed by atoms with van der Waals surface area (Å²) in [6.07, 6.45) is 2.29. The predicted molar refractivity (Wildman–Crippen MR) is 79.9 cm³/mol. The van der Waals surface area contributed by atoms with Gasteiger partial charge in [0.15, 0.2) is 0 Å². The summed E-state index contributed by atoms with van der Waals surface area (Å²) >= 11 is 0. The van der Waals surface area contributed by atoms with Gasteiger partial charge >= 0.3 is 6.03 Å². The average molecular weight is 304 g/mol. The summed E-state index contributed by atoms with van der Waals surface area (Å²) in [5.74, 6) is 0.166. The highest BCUT2D eigenvalue weighted by molar-refractivity contribution is 5.90. The number of hydrogen-bond acceptors (Lipinski definition) is 3. The molecule has 1 saturated heterocycles. The molecular weight excluding hydrogens is 287 g/mol. The quantitative estimate of drug-likeness (QED) is 0.916. The largest absolute Gasteiger partial charge is 0.464 e. The maximum atomic E-state index is 14.1. The summed E-state index contributed by atoms with van der Waals surface area (Å²) < 4.78 is 19.3. The van der Waals surface area contributed by atoms with Crippen molar-refractivity contribution in [2.45, 2.75) is 6.42 Å². The second-order valence-corrected chi connectivity index (χ2v) is 5.39. The average Bonchev–Trinajstić information content (AvgIpc) is 3.20. The molecule has 3 rings (SSSR count). The number of aliphatic hydroxyl groups is 1. The topological polar surface area (TPSA) is 65.7 Å². The third-order valence-electron chi connectivity index (χ3n) is 3.85. The highest BCUT2D eigenvalue weighted by Crippen LogP contribution is 2.25. The molecule has 0 bridgehead atoms. The number of halogens is 1. The number of nitrogens with one attached hydrogen (secondary N) is 1. The van der Waals surface area contributed by atoms with Crippen molar-refractivity contribution < 1.29 is 18.7 Å². The van der Waals surface area contributed by atoms with Gasteiger partial charge < -0.3 is 19.7 Å². The van der Waals surface area contributed by atoms with E-state index in [4.69, 9.17) is 9.52 Å². The summed E-state index contributed by atoms with van der Waals surface area (Å²) in [7, 11) is 0. The lowest BCUT2D eigenvalue weighted by atomic mass is 10.1. The Bertz CT molecular complexity index is 657. The number of hydrogen-bond donors (Lipinski definition) is 2. The van der Waals surface area contributed by atoms with E-state index in [1.807, 2.05) is 0 Å². The number of rotatable bonds is 3. The molecule has 2 aromatic rings. The van der Waals surface area contributed by atoms with Crippen molar-refractivity contribution in [3.63, 3.8) is 0 Å². The first-order valence-electron chi connectivity index (χ1n) is 7.17. The first-order chi connectivity index (χ1) is 10.7. The van der Waals surface area contributed by atoms with Crippen molar-refractivity contribution >= 4 is 11.7 Å². The Hall–Kier alpha value is -2.34. The van der Waals surface area contributed by atoms with Crippen molar-refractivity contribution in [1.82, 2.24) is 4.90 Å². The molecule has 0 radical (unpaired) electrons. The zero-order valence-corrected chi connectivity index (χ0v) is 12.0. The molecule has 1 fully saturated rings. The Kier molecular flexibility index (Phi) is 4.11. The molecule has 1 aliphatic heterocycles. The Morgan fingerprint density at radius 3 is 2.95 bits per heavy atom. The summed E-state index contributed by atoms with van der Waals surface area (Å²) in [5.41, 5.74) is 0.745. The minimum absolute atomic E-state index is 0.0655. The molecule has 0 unspecified atom stereocenters. The Morgan fingerprint density at radius 1 is 1.45 bits per heavy atom. The Morgan fingerprint density at radius 2 is 2.32 bits per heavy atom. The third kappa shape index (κ3) is 2.96. The third-order valence-corrected chi connectivity index (χ3v) is 3.85. The highest BCUT2D eigenvalue weighted by Gasteiger charge is 2.26. The van der Waals surface area contributed by atoms with Gasteiger partial charge in [-0.3, -0.25) is 0 Å². The maximum Gasteiger partial charge on any atom is 0.321 e.